The van der Waals surface area contributed by atoms with E-state index in [4.69, 9.17) is 4.74 Å². The molecule has 43 heavy (non-hydrogen) atoms. The third kappa shape index (κ3) is 4.28. The number of amides is 1. The number of aliphatic hydroxyl groups excluding tert-OH is 1. The molecule has 2 aliphatic rings. The van der Waals surface area contributed by atoms with E-state index in [1.54, 1.807) is 18.2 Å². The smallest absolute Gasteiger partial charge is 0.256 e. The molecule has 3 N–H and O–H groups in total. The zero-order chi connectivity index (χ0) is 29.6. The average molecular weight is 573 g/mol. The summed E-state index contributed by atoms with van der Waals surface area (Å²) in [6.45, 7) is 0.725. The minimum absolute atomic E-state index is 0.125. The van der Waals surface area contributed by atoms with Crippen molar-refractivity contribution < 1.29 is 19.7 Å². The van der Waals surface area contributed by atoms with E-state index in [0.717, 1.165) is 16.5 Å². The Labute approximate surface area is 251 Å². The maximum atomic E-state index is 14.1. The second kappa shape index (κ2) is 10.7. The van der Waals surface area contributed by atoms with E-state index in [2.05, 4.69) is 53.5 Å². The highest BCUT2D eigenvalue weighted by molar-refractivity contribution is 5.91. The molecule has 218 valence electrons. The van der Waals surface area contributed by atoms with Gasteiger partial charge < -0.3 is 24.8 Å². The van der Waals surface area contributed by atoms with Gasteiger partial charge in [0.15, 0.2) is 6.10 Å². The maximum absolute atomic E-state index is 14.1. The van der Waals surface area contributed by atoms with Gasteiger partial charge >= 0.3 is 0 Å². The molecule has 1 aliphatic heterocycles. The van der Waals surface area contributed by atoms with Crippen molar-refractivity contribution in [1.82, 2.24) is 9.88 Å². The van der Waals surface area contributed by atoms with Crippen molar-refractivity contribution in [3.8, 4) is 5.75 Å². The summed E-state index contributed by atoms with van der Waals surface area (Å²) in [5.74, 6) is -0.145. The largest absolute Gasteiger partial charge is 0.496 e. The highest BCUT2D eigenvalue weighted by atomic mass is 16.5. The summed E-state index contributed by atoms with van der Waals surface area (Å²) >= 11 is 0. The van der Waals surface area contributed by atoms with E-state index in [9.17, 15) is 15.0 Å². The highest BCUT2D eigenvalue weighted by Crippen LogP contribution is 2.60. The standard InChI is InChI=1S/C37H36N2O4/c1-43-33-19-11-9-17-29(33)37(42)21-20-36(25-12-4-2-5-13-25,26-14-6-3-7-15-26)30-23-39(24-31(30)37)35(41)34(40)28-22-38-32-18-10-8-16-27(28)32/h2-19,22,30-31,34,38,40,42H,20-21,23-24H2,1H3/t30-,31+,34?,37+/m0/s1. The third-order valence-corrected chi connectivity index (χ3v) is 10.1. The van der Waals surface area contributed by atoms with Crippen LogP contribution in [0.5, 0.6) is 5.75 Å². The first-order chi connectivity index (χ1) is 21.0. The fourth-order valence-electron chi connectivity index (χ4n) is 8.04. The molecular formula is C37H36N2O4. The first-order valence-electron chi connectivity index (χ1n) is 15.0. The molecule has 5 aromatic rings. The Morgan fingerprint density at radius 3 is 2.14 bits per heavy atom. The van der Waals surface area contributed by atoms with Crippen LogP contribution in [0.4, 0.5) is 0 Å². The van der Waals surface area contributed by atoms with Gasteiger partial charge in [0.2, 0.25) is 0 Å². The second-order valence-electron chi connectivity index (χ2n) is 12.0. The Hall–Kier alpha value is -4.39. The molecular weight excluding hydrogens is 536 g/mol. The number of hydrogen-bond acceptors (Lipinski definition) is 4. The molecule has 7 rings (SSSR count). The van der Waals surface area contributed by atoms with Gasteiger partial charge in [0.05, 0.1) is 12.7 Å². The average Bonchev–Trinajstić information content (AvgIpc) is 3.72. The second-order valence-corrected chi connectivity index (χ2v) is 12.0. The first-order valence-corrected chi connectivity index (χ1v) is 15.0. The molecule has 1 aromatic heterocycles. The van der Waals surface area contributed by atoms with Crippen LogP contribution >= 0.6 is 0 Å². The van der Waals surface area contributed by atoms with E-state index in [0.29, 0.717) is 37.2 Å². The lowest BCUT2D eigenvalue weighted by molar-refractivity contribution is -0.140. The fourth-order valence-corrected chi connectivity index (χ4v) is 8.04. The van der Waals surface area contributed by atoms with Gasteiger partial charge in [-0.05, 0) is 42.0 Å². The molecule has 0 spiro atoms. The number of H-pyrrole nitrogens is 1. The predicted octanol–water partition coefficient (Wildman–Crippen LogP) is 5.95. The van der Waals surface area contributed by atoms with Gasteiger partial charge in [-0.25, -0.2) is 0 Å². The topological polar surface area (TPSA) is 85.8 Å². The van der Waals surface area contributed by atoms with Gasteiger partial charge in [-0.3, -0.25) is 4.79 Å². The van der Waals surface area contributed by atoms with Gasteiger partial charge in [-0.1, -0.05) is 97.1 Å². The van der Waals surface area contributed by atoms with Crippen LogP contribution in [0.1, 0.15) is 41.2 Å². The van der Waals surface area contributed by atoms with E-state index in [1.807, 2.05) is 60.7 Å². The number of methoxy groups -OCH3 is 1. The summed E-state index contributed by atoms with van der Waals surface area (Å²) in [5.41, 5.74) is 2.85. The lowest BCUT2D eigenvalue weighted by Crippen LogP contribution is -2.53. The predicted molar refractivity (Wildman–Crippen MR) is 167 cm³/mol. The number of likely N-dealkylation sites (tertiary alicyclic amines) is 1. The number of nitrogens with zero attached hydrogens (tertiary/aromatic N) is 1. The number of rotatable bonds is 6. The molecule has 1 amide bonds. The maximum Gasteiger partial charge on any atom is 0.256 e. The van der Waals surface area contributed by atoms with Gasteiger partial charge in [-0.15, -0.1) is 0 Å². The monoisotopic (exact) mass is 572 g/mol. The van der Waals surface area contributed by atoms with Crippen LogP contribution in [0.2, 0.25) is 0 Å². The Bertz CT molecular complexity index is 1710. The fraction of sp³-hybridized carbons (Fsp3) is 0.270. The lowest BCUT2D eigenvalue weighted by atomic mass is 9.52. The summed E-state index contributed by atoms with van der Waals surface area (Å²) < 4.78 is 5.75. The molecule has 1 saturated heterocycles. The number of benzene rings is 4. The molecule has 0 radical (unpaired) electrons. The minimum atomic E-state index is -1.32. The molecule has 0 bridgehead atoms. The van der Waals surface area contributed by atoms with Crippen molar-refractivity contribution in [1.29, 1.82) is 0 Å². The number of aromatic nitrogens is 1. The van der Waals surface area contributed by atoms with Crippen LogP contribution in [-0.2, 0) is 15.8 Å². The highest BCUT2D eigenvalue weighted by Gasteiger charge is 2.61. The van der Waals surface area contributed by atoms with Crippen molar-refractivity contribution in [3.63, 3.8) is 0 Å². The summed E-state index contributed by atoms with van der Waals surface area (Å²) in [6.07, 6.45) is 1.58. The van der Waals surface area contributed by atoms with Crippen molar-refractivity contribution >= 4 is 16.8 Å². The number of carbonyl (C=O) groups excluding carboxylic acids is 1. The Morgan fingerprint density at radius 1 is 0.837 bits per heavy atom. The van der Waals surface area contributed by atoms with E-state index >= 15 is 0 Å². The van der Waals surface area contributed by atoms with Crippen LogP contribution in [0.3, 0.4) is 0 Å². The van der Waals surface area contributed by atoms with Gasteiger partial charge in [0.1, 0.15) is 5.75 Å². The third-order valence-electron chi connectivity index (χ3n) is 10.1. The number of aromatic amines is 1. The van der Waals surface area contributed by atoms with E-state index in [1.165, 1.54) is 11.1 Å². The summed E-state index contributed by atoms with van der Waals surface area (Å²) in [7, 11) is 1.63. The molecule has 6 nitrogen and oxygen atoms in total. The number of ether oxygens (including phenoxy) is 1. The molecule has 2 heterocycles. The first kappa shape index (κ1) is 27.4. The van der Waals surface area contributed by atoms with Crippen molar-refractivity contribution in [2.24, 2.45) is 11.8 Å². The van der Waals surface area contributed by atoms with Crippen molar-refractivity contribution in [3.05, 3.63) is 138 Å². The van der Waals surface area contributed by atoms with E-state index < -0.39 is 17.1 Å². The Kier molecular flexibility index (Phi) is 6.83. The number of aliphatic hydroxyl groups is 2. The Morgan fingerprint density at radius 2 is 1.44 bits per heavy atom. The SMILES string of the molecule is COc1ccccc1[C@]1(O)CCC(c2ccccc2)(c2ccccc2)[C@H]2CN(C(=O)C(O)c3c[nH]c4ccccc34)C[C@H]21. The van der Waals surface area contributed by atoms with E-state index in [-0.39, 0.29) is 17.7 Å². The normalized spacial score (nSPS) is 23.6. The molecule has 1 unspecified atom stereocenters. The lowest BCUT2D eigenvalue weighted by Gasteiger charge is -2.53. The van der Waals surface area contributed by atoms with Crippen LogP contribution in [0, 0.1) is 11.8 Å². The van der Waals surface area contributed by atoms with Crippen molar-refractivity contribution in [2.45, 2.75) is 30.0 Å². The zero-order valence-electron chi connectivity index (χ0n) is 24.2. The zero-order valence-corrected chi connectivity index (χ0v) is 24.2. The Balaban J connectivity index is 1.35. The van der Waals surface area contributed by atoms with Crippen LogP contribution in [0.25, 0.3) is 10.9 Å². The molecule has 4 atom stereocenters. The number of para-hydroxylation sites is 2. The van der Waals surface area contributed by atoms with Crippen LogP contribution < -0.4 is 4.74 Å². The van der Waals surface area contributed by atoms with Crippen LogP contribution in [-0.4, -0.2) is 46.2 Å². The van der Waals surface area contributed by atoms with Gasteiger partial charge in [-0.2, -0.15) is 0 Å². The summed E-state index contributed by atoms with van der Waals surface area (Å²) in [5, 5.41) is 25.0. The van der Waals surface area contributed by atoms with Gasteiger partial charge in [0.25, 0.3) is 5.91 Å². The molecule has 2 fully saturated rings. The van der Waals surface area contributed by atoms with Gasteiger partial charge in [0, 0.05) is 52.6 Å². The number of hydrogen-bond donors (Lipinski definition) is 3. The molecule has 1 saturated carbocycles. The quantitative estimate of drug-likeness (QED) is 0.235. The molecule has 6 heteroatoms. The van der Waals surface area contributed by atoms with Crippen molar-refractivity contribution in [2.75, 3.05) is 20.2 Å². The molecule has 1 aliphatic carbocycles. The van der Waals surface area contributed by atoms with Crippen LogP contribution in [0.15, 0.2) is 115 Å². The number of fused-ring (bicyclic) bond motifs is 2. The number of carbonyl (C=O) groups is 1. The summed E-state index contributed by atoms with van der Waals surface area (Å²) in [6, 6.07) is 36.3. The minimum Gasteiger partial charge on any atom is -0.496 e. The summed E-state index contributed by atoms with van der Waals surface area (Å²) in [4.78, 5) is 19.1. The molecule has 4 aromatic carbocycles. The number of nitrogens with one attached hydrogen (secondary N) is 1.